The molecule has 0 radical (unpaired) electrons. The molecule has 0 aromatic heterocycles. The van der Waals surface area contributed by atoms with E-state index in [-0.39, 0.29) is 6.42 Å². The number of rotatable bonds is 4. The number of benzene rings is 1. The van der Waals surface area contributed by atoms with E-state index < -0.39 is 23.7 Å². The van der Waals surface area contributed by atoms with Gasteiger partial charge in [-0.3, -0.25) is 4.90 Å². The Morgan fingerprint density at radius 3 is 2.32 bits per heavy atom. The molecule has 1 aromatic rings. The predicted octanol–water partition coefficient (Wildman–Crippen LogP) is 3.86. The Kier molecular flexibility index (Phi) is 6.08. The van der Waals surface area contributed by atoms with Crippen LogP contribution in [0.5, 0.6) is 0 Å². The van der Waals surface area contributed by atoms with Gasteiger partial charge in [-0.2, -0.15) is 0 Å². The van der Waals surface area contributed by atoms with Gasteiger partial charge in [0.2, 0.25) is 0 Å². The smallest absolute Gasteiger partial charge is 0.410 e. The summed E-state index contributed by atoms with van der Waals surface area (Å²) in [7, 11) is 1.39. The third-order valence-corrected chi connectivity index (χ3v) is 3.59. The Morgan fingerprint density at radius 2 is 1.86 bits per heavy atom. The Labute approximate surface area is 139 Å². The first kappa shape index (κ1) is 18.6. The van der Waals surface area contributed by atoms with Gasteiger partial charge in [-0.1, -0.05) is 29.3 Å². The van der Waals surface area contributed by atoms with E-state index in [2.05, 4.69) is 0 Å². The first-order valence-corrected chi connectivity index (χ1v) is 7.39. The van der Waals surface area contributed by atoms with Crippen molar-refractivity contribution in [1.29, 1.82) is 0 Å². The van der Waals surface area contributed by atoms with E-state index in [4.69, 9.17) is 27.9 Å². The van der Waals surface area contributed by atoms with Crippen LogP contribution in [0.3, 0.4) is 0 Å². The zero-order valence-electron chi connectivity index (χ0n) is 12.9. The van der Waals surface area contributed by atoms with E-state index in [0.29, 0.717) is 15.6 Å². The van der Waals surface area contributed by atoms with Gasteiger partial charge in [0.15, 0.2) is 0 Å². The molecule has 22 heavy (non-hydrogen) atoms. The summed E-state index contributed by atoms with van der Waals surface area (Å²) in [6, 6.07) is 3.79. The number of hydrogen-bond donors (Lipinski definition) is 1. The first-order chi connectivity index (χ1) is 10.0. The van der Waals surface area contributed by atoms with E-state index in [1.54, 1.807) is 39.0 Å². The van der Waals surface area contributed by atoms with Gasteiger partial charge in [0.1, 0.15) is 11.6 Å². The average molecular weight is 348 g/mol. The second kappa shape index (κ2) is 7.20. The molecule has 1 rings (SSSR count). The van der Waals surface area contributed by atoms with Crippen molar-refractivity contribution in [3.05, 3.63) is 33.8 Å². The summed E-state index contributed by atoms with van der Waals surface area (Å²) in [5, 5.41) is 10.1. The Morgan fingerprint density at radius 1 is 1.27 bits per heavy atom. The normalized spacial score (nSPS) is 12.6. The van der Waals surface area contributed by atoms with Crippen molar-refractivity contribution in [1.82, 2.24) is 4.90 Å². The highest BCUT2D eigenvalue weighted by molar-refractivity contribution is 6.42. The van der Waals surface area contributed by atoms with Crippen molar-refractivity contribution in [2.75, 3.05) is 7.05 Å². The minimum absolute atomic E-state index is 0.0992. The van der Waals surface area contributed by atoms with Crippen LogP contribution in [0.2, 0.25) is 10.0 Å². The van der Waals surface area contributed by atoms with Crippen molar-refractivity contribution >= 4 is 35.3 Å². The maximum Gasteiger partial charge on any atom is 0.410 e. The van der Waals surface area contributed by atoms with E-state index in [0.717, 1.165) is 4.90 Å². The molecule has 0 saturated heterocycles. The number of carbonyl (C=O) groups is 2. The Bertz CT molecular complexity index is 569. The lowest BCUT2D eigenvalue weighted by Gasteiger charge is -2.28. The first-order valence-electron chi connectivity index (χ1n) is 6.64. The number of halogens is 2. The molecule has 1 aromatic carbocycles. The number of aliphatic carboxylic acids is 1. The molecule has 0 saturated carbocycles. The third-order valence-electron chi connectivity index (χ3n) is 2.85. The highest BCUT2D eigenvalue weighted by atomic mass is 35.5. The lowest BCUT2D eigenvalue weighted by Crippen LogP contribution is -2.46. The maximum absolute atomic E-state index is 12.0. The van der Waals surface area contributed by atoms with E-state index in [1.807, 2.05) is 0 Å². The van der Waals surface area contributed by atoms with Gasteiger partial charge in [-0.15, -0.1) is 0 Å². The van der Waals surface area contributed by atoms with E-state index in [1.165, 1.54) is 7.05 Å². The molecule has 0 bridgehead atoms. The number of ether oxygens (including phenoxy) is 1. The number of hydrogen-bond acceptors (Lipinski definition) is 3. The van der Waals surface area contributed by atoms with Crippen LogP contribution in [0.25, 0.3) is 0 Å². The molecule has 122 valence electrons. The summed E-state index contributed by atoms with van der Waals surface area (Å²) in [5.41, 5.74) is -0.0324. The molecule has 5 nitrogen and oxygen atoms in total. The van der Waals surface area contributed by atoms with Crippen LogP contribution in [0.4, 0.5) is 4.79 Å². The minimum atomic E-state index is -1.13. The third kappa shape index (κ3) is 5.39. The lowest BCUT2D eigenvalue weighted by molar-refractivity contribution is -0.142. The monoisotopic (exact) mass is 347 g/mol. The standard InChI is InChI=1S/C15H19Cl2NO4/c1-15(2,3)22-14(21)18(4)12(13(19)20)8-9-5-6-10(16)11(17)7-9/h5-7,12H,8H2,1-4H3,(H,19,20). The van der Waals surface area contributed by atoms with Gasteiger partial charge in [0.05, 0.1) is 10.0 Å². The molecule has 1 atom stereocenters. The molecule has 7 heteroatoms. The van der Waals surface area contributed by atoms with Gasteiger partial charge in [0.25, 0.3) is 0 Å². The molecule has 0 aliphatic heterocycles. The molecule has 0 fully saturated rings. The zero-order valence-corrected chi connectivity index (χ0v) is 14.4. The number of carboxylic acid groups (broad SMARTS) is 1. The topological polar surface area (TPSA) is 66.8 Å². The SMILES string of the molecule is CN(C(=O)OC(C)(C)C)C(Cc1ccc(Cl)c(Cl)c1)C(=O)O. The van der Waals surface area contributed by atoms with Crippen LogP contribution in [0.1, 0.15) is 26.3 Å². The number of likely N-dealkylation sites (N-methyl/N-ethyl adjacent to an activating group) is 1. The van der Waals surface area contributed by atoms with Crippen molar-refractivity contribution in [3.8, 4) is 0 Å². The molecule has 1 amide bonds. The largest absolute Gasteiger partial charge is 0.480 e. The zero-order chi connectivity index (χ0) is 17.1. The summed E-state index contributed by atoms with van der Waals surface area (Å²) in [4.78, 5) is 24.5. The summed E-state index contributed by atoms with van der Waals surface area (Å²) in [6.07, 6.45) is -0.595. The van der Waals surface area contributed by atoms with Gasteiger partial charge in [0, 0.05) is 13.5 Å². The molecule has 0 aliphatic rings. The number of carboxylic acids is 1. The Balaban J connectivity index is 2.91. The van der Waals surface area contributed by atoms with Crippen molar-refractivity contribution < 1.29 is 19.4 Å². The van der Waals surface area contributed by atoms with Gasteiger partial charge < -0.3 is 9.84 Å². The lowest BCUT2D eigenvalue weighted by atomic mass is 10.1. The summed E-state index contributed by atoms with van der Waals surface area (Å²) in [6.45, 7) is 5.15. The van der Waals surface area contributed by atoms with E-state index in [9.17, 15) is 14.7 Å². The highest BCUT2D eigenvalue weighted by Gasteiger charge is 2.30. The van der Waals surface area contributed by atoms with Crippen LogP contribution in [0, 0.1) is 0 Å². The predicted molar refractivity (Wildman–Crippen MR) is 85.6 cm³/mol. The highest BCUT2D eigenvalue weighted by Crippen LogP contribution is 2.24. The fraction of sp³-hybridized carbons (Fsp3) is 0.467. The number of amides is 1. The fourth-order valence-electron chi connectivity index (χ4n) is 1.74. The second-order valence-electron chi connectivity index (χ2n) is 5.90. The molecular weight excluding hydrogens is 329 g/mol. The summed E-state index contributed by atoms with van der Waals surface area (Å²) < 4.78 is 5.19. The molecular formula is C15H19Cl2NO4. The van der Waals surface area contributed by atoms with Crippen LogP contribution in [-0.4, -0.2) is 40.8 Å². The van der Waals surface area contributed by atoms with Gasteiger partial charge in [-0.05, 0) is 38.5 Å². The minimum Gasteiger partial charge on any atom is -0.480 e. The van der Waals surface area contributed by atoms with Crippen LogP contribution in [-0.2, 0) is 16.0 Å². The Hall–Kier alpha value is -1.46. The number of carbonyl (C=O) groups excluding carboxylic acids is 1. The van der Waals surface area contributed by atoms with Crippen molar-refractivity contribution in [2.45, 2.75) is 38.8 Å². The molecule has 0 aliphatic carbocycles. The average Bonchev–Trinajstić information content (AvgIpc) is 2.36. The molecule has 1 unspecified atom stereocenters. The molecule has 0 spiro atoms. The maximum atomic E-state index is 12.0. The fourth-order valence-corrected chi connectivity index (χ4v) is 2.06. The van der Waals surface area contributed by atoms with Crippen LogP contribution >= 0.6 is 23.2 Å². The molecule has 0 heterocycles. The van der Waals surface area contributed by atoms with Crippen molar-refractivity contribution in [2.24, 2.45) is 0 Å². The molecule has 1 N–H and O–H groups in total. The van der Waals surface area contributed by atoms with Crippen molar-refractivity contribution in [3.63, 3.8) is 0 Å². The summed E-state index contributed by atoms with van der Waals surface area (Å²) in [5.74, 6) is -1.13. The summed E-state index contributed by atoms with van der Waals surface area (Å²) >= 11 is 11.8. The van der Waals surface area contributed by atoms with Gasteiger partial charge >= 0.3 is 12.1 Å². The van der Waals surface area contributed by atoms with Crippen LogP contribution in [0.15, 0.2) is 18.2 Å². The van der Waals surface area contributed by atoms with Crippen LogP contribution < -0.4 is 0 Å². The second-order valence-corrected chi connectivity index (χ2v) is 6.71. The number of nitrogens with zero attached hydrogens (tertiary/aromatic N) is 1. The quantitative estimate of drug-likeness (QED) is 0.897. The van der Waals surface area contributed by atoms with Gasteiger partial charge in [-0.25, -0.2) is 9.59 Å². The van der Waals surface area contributed by atoms with E-state index >= 15 is 0 Å².